The summed E-state index contributed by atoms with van der Waals surface area (Å²) in [5, 5.41) is 6.13. The van der Waals surface area contributed by atoms with Crippen molar-refractivity contribution in [1.29, 1.82) is 0 Å². The van der Waals surface area contributed by atoms with E-state index in [9.17, 15) is 9.59 Å². The molecule has 0 atom stereocenters. The number of aromatic nitrogens is 2. The number of ketones is 1. The summed E-state index contributed by atoms with van der Waals surface area (Å²) in [6.45, 7) is 5.64. The molecule has 0 spiro atoms. The molecule has 2 N–H and O–H groups in total. The summed E-state index contributed by atoms with van der Waals surface area (Å²) in [5.41, 5.74) is 4.61. The van der Waals surface area contributed by atoms with Gasteiger partial charge < -0.3 is 10.6 Å². The molecule has 3 aromatic rings. The predicted octanol–water partition coefficient (Wildman–Crippen LogP) is 4.80. The zero-order valence-electron chi connectivity index (χ0n) is 16.8. The zero-order valence-corrected chi connectivity index (χ0v) is 16.8. The van der Waals surface area contributed by atoms with Crippen molar-refractivity contribution in [3.63, 3.8) is 0 Å². The molecule has 0 aliphatic heterocycles. The van der Waals surface area contributed by atoms with Gasteiger partial charge in [0.1, 0.15) is 17.8 Å². The van der Waals surface area contributed by atoms with Gasteiger partial charge in [-0.1, -0.05) is 44.2 Å². The minimum absolute atomic E-state index is 0.0160. The van der Waals surface area contributed by atoms with E-state index in [-0.39, 0.29) is 17.4 Å². The van der Waals surface area contributed by atoms with Gasteiger partial charge in [-0.15, -0.1) is 0 Å². The smallest absolute Gasteiger partial charge is 0.274 e. The molecular formula is C23H24N4O2. The Kier molecular flexibility index (Phi) is 6.34. The van der Waals surface area contributed by atoms with E-state index >= 15 is 0 Å². The molecule has 1 heterocycles. The average Bonchev–Trinajstić information content (AvgIpc) is 2.74. The number of amides is 1. The Morgan fingerprint density at radius 2 is 1.62 bits per heavy atom. The molecule has 29 heavy (non-hydrogen) atoms. The monoisotopic (exact) mass is 388 g/mol. The highest BCUT2D eigenvalue weighted by Crippen LogP contribution is 2.23. The number of Topliss-reactive ketones (excluding diaryl/α,β-unsaturated/α-hetero) is 1. The van der Waals surface area contributed by atoms with E-state index in [2.05, 4.69) is 34.4 Å². The predicted molar refractivity (Wildman–Crippen MR) is 115 cm³/mol. The van der Waals surface area contributed by atoms with Crippen LogP contribution in [-0.2, 0) is 12.8 Å². The first-order valence-electron chi connectivity index (χ1n) is 9.64. The van der Waals surface area contributed by atoms with Crippen molar-refractivity contribution in [2.75, 3.05) is 10.6 Å². The SMILES string of the molecule is CCc1cccc(CC)c1NC(=O)c1cc(Nc2cccc(C(C)=O)c2)ncn1. The van der Waals surface area contributed by atoms with Gasteiger partial charge in [0.05, 0.1) is 0 Å². The summed E-state index contributed by atoms with van der Waals surface area (Å²) in [7, 11) is 0. The maximum Gasteiger partial charge on any atom is 0.274 e. The van der Waals surface area contributed by atoms with Crippen LogP contribution >= 0.6 is 0 Å². The largest absolute Gasteiger partial charge is 0.340 e. The second-order valence-electron chi connectivity index (χ2n) is 6.66. The number of nitrogens with zero attached hydrogens (tertiary/aromatic N) is 2. The van der Waals surface area contributed by atoms with Crippen LogP contribution in [0.15, 0.2) is 54.9 Å². The molecule has 0 aliphatic carbocycles. The lowest BCUT2D eigenvalue weighted by atomic mass is 10.0. The van der Waals surface area contributed by atoms with Crippen LogP contribution in [0.2, 0.25) is 0 Å². The van der Waals surface area contributed by atoms with Gasteiger partial charge in [-0.05, 0) is 43.0 Å². The molecule has 0 saturated carbocycles. The fraction of sp³-hybridized carbons (Fsp3) is 0.217. The summed E-state index contributed by atoms with van der Waals surface area (Å²) in [6.07, 6.45) is 3.00. The number of nitrogens with one attached hydrogen (secondary N) is 2. The third kappa shape index (κ3) is 4.85. The summed E-state index contributed by atoms with van der Waals surface area (Å²) in [5.74, 6) is 0.173. The number of hydrogen-bond acceptors (Lipinski definition) is 5. The molecule has 0 bridgehead atoms. The van der Waals surface area contributed by atoms with Crippen LogP contribution < -0.4 is 10.6 Å². The fourth-order valence-electron chi connectivity index (χ4n) is 3.09. The Labute approximate surface area is 170 Å². The van der Waals surface area contributed by atoms with E-state index in [1.165, 1.54) is 13.3 Å². The second kappa shape index (κ2) is 9.10. The van der Waals surface area contributed by atoms with Crippen molar-refractivity contribution in [3.8, 4) is 0 Å². The molecule has 6 heteroatoms. The van der Waals surface area contributed by atoms with Gasteiger partial charge in [0.25, 0.3) is 5.91 Å². The minimum Gasteiger partial charge on any atom is -0.340 e. The van der Waals surface area contributed by atoms with E-state index in [1.807, 2.05) is 24.3 Å². The van der Waals surface area contributed by atoms with Gasteiger partial charge in [-0.3, -0.25) is 9.59 Å². The lowest BCUT2D eigenvalue weighted by molar-refractivity contribution is 0.101. The number of carbonyl (C=O) groups excluding carboxylic acids is 2. The van der Waals surface area contributed by atoms with Crippen molar-refractivity contribution in [2.45, 2.75) is 33.6 Å². The van der Waals surface area contributed by atoms with E-state index in [0.717, 1.165) is 29.7 Å². The standard InChI is InChI=1S/C23H24N4O2/c1-4-16-8-6-9-17(5-2)22(16)27-23(29)20-13-21(25-14-24-20)26-19-11-7-10-18(12-19)15(3)28/h6-14H,4-5H2,1-3H3,(H,27,29)(H,24,25,26). The third-order valence-electron chi connectivity index (χ3n) is 4.68. The van der Waals surface area contributed by atoms with Crippen LogP contribution in [0.5, 0.6) is 0 Å². The Bertz CT molecular complexity index is 1020. The number of anilines is 3. The van der Waals surface area contributed by atoms with Gasteiger partial charge >= 0.3 is 0 Å². The number of carbonyl (C=O) groups is 2. The maximum absolute atomic E-state index is 12.8. The highest BCUT2D eigenvalue weighted by atomic mass is 16.2. The van der Waals surface area contributed by atoms with Crippen LogP contribution in [0.25, 0.3) is 0 Å². The van der Waals surface area contributed by atoms with E-state index in [4.69, 9.17) is 0 Å². The Morgan fingerprint density at radius 1 is 0.931 bits per heavy atom. The van der Waals surface area contributed by atoms with E-state index in [1.54, 1.807) is 24.3 Å². The highest BCUT2D eigenvalue weighted by Gasteiger charge is 2.14. The van der Waals surface area contributed by atoms with Gasteiger partial charge in [0.2, 0.25) is 0 Å². The normalized spacial score (nSPS) is 10.4. The van der Waals surface area contributed by atoms with Gasteiger partial charge in [-0.25, -0.2) is 9.97 Å². The summed E-state index contributed by atoms with van der Waals surface area (Å²) in [4.78, 5) is 32.7. The molecule has 0 radical (unpaired) electrons. The van der Waals surface area contributed by atoms with Crippen LogP contribution in [0.4, 0.5) is 17.2 Å². The van der Waals surface area contributed by atoms with Crippen LogP contribution in [0, 0.1) is 0 Å². The molecule has 2 aromatic carbocycles. The number of aryl methyl sites for hydroxylation is 2. The Morgan fingerprint density at radius 3 is 2.28 bits per heavy atom. The lowest BCUT2D eigenvalue weighted by Gasteiger charge is -2.14. The first-order valence-corrected chi connectivity index (χ1v) is 9.64. The first-order chi connectivity index (χ1) is 14.0. The van der Waals surface area contributed by atoms with E-state index in [0.29, 0.717) is 17.1 Å². The Hall–Kier alpha value is -3.54. The van der Waals surface area contributed by atoms with Gasteiger partial charge in [0.15, 0.2) is 5.78 Å². The summed E-state index contributed by atoms with van der Waals surface area (Å²) in [6, 6.07) is 14.8. The van der Waals surface area contributed by atoms with Crippen molar-refractivity contribution in [3.05, 3.63) is 77.2 Å². The second-order valence-corrected chi connectivity index (χ2v) is 6.66. The Balaban J connectivity index is 1.82. The minimum atomic E-state index is -0.288. The molecule has 6 nitrogen and oxygen atoms in total. The molecule has 3 rings (SSSR count). The van der Waals surface area contributed by atoms with Crippen LogP contribution in [-0.4, -0.2) is 21.7 Å². The number of benzene rings is 2. The fourth-order valence-corrected chi connectivity index (χ4v) is 3.09. The summed E-state index contributed by atoms with van der Waals surface area (Å²) < 4.78 is 0. The first kappa shape index (κ1) is 20.2. The topological polar surface area (TPSA) is 84.0 Å². The number of para-hydroxylation sites is 1. The average molecular weight is 388 g/mol. The van der Waals surface area contributed by atoms with Crippen molar-refractivity contribution in [2.24, 2.45) is 0 Å². The van der Waals surface area contributed by atoms with Gasteiger partial charge in [-0.2, -0.15) is 0 Å². The van der Waals surface area contributed by atoms with E-state index < -0.39 is 0 Å². The summed E-state index contributed by atoms with van der Waals surface area (Å²) >= 11 is 0. The molecule has 0 saturated heterocycles. The molecule has 148 valence electrons. The van der Waals surface area contributed by atoms with Crippen LogP contribution in [0.3, 0.4) is 0 Å². The van der Waals surface area contributed by atoms with Crippen LogP contribution in [0.1, 0.15) is 52.7 Å². The lowest BCUT2D eigenvalue weighted by Crippen LogP contribution is -2.16. The molecule has 0 unspecified atom stereocenters. The molecule has 0 aliphatic rings. The molecule has 1 aromatic heterocycles. The highest BCUT2D eigenvalue weighted by molar-refractivity contribution is 6.04. The van der Waals surface area contributed by atoms with Crippen molar-refractivity contribution in [1.82, 2.24) is 9.97 Å². The quantitative estimate of drug-likeness (QED) is 0.568. The number of hydrogen-bond donors (Lipinski definition) is 2. The van der Waals surface area contributed by atoms with Gasteiger partial charge in [0, 0.05) is 23.0 Å². The van der Waals surface area contributed by atoms with Crippen molar-refractivity contribution >= 4 is 28.9 Å². The molecule has 0 fully saturated rings. The maximum atomic E-state index is 12.8. The third-order valence-corrected chi connectivity index (χ3v) is 4.68. The zero-order chi connectivity index (χ0) is 20.8. The molecular weight excluding hydrogens is 364 g/mol. The number of rotatable bonds is 7. The molecule has 1 amide bonds. The van der Waals surface area contributed by atoms with Crippen molar-refractivity contribution < 1.29 is 9.59 Å².